The predicted octanol–water partition coefficient (Wildman–Crippen LogP) is 2.67. The van der Waals surface area contributed by atoms with Crippen LogP contribution in [-0.2, 0) is 20.7 Å². The summed E-state index contributed by atoms with van der Waals surface area (Å²) in [6, 6.07) is 5.94. The van der Waals surface area contributed by atoms with Gasteiger partial charge in [-0.05, 0) is 62.3 Å². The molecular weight excluding hydrogens is 304 g/mol. The summed E-state index contributed by atoms with van der Waals surface area (Å²) in [6.45, 7) is 5.80. The Balaban J connectivity index is 1.57. The van der Waals surface area contributed by atoms with Crippen LogP contribution >= 0.6 is 0 Å². The highest BCUT2D eigenvalue weighted by molar-refractivity contribution is 5.95. The maximum absolute atomic E-state index is 12.4. The molecule has 5 heteroatoms. The Bertz CT molecular complexity index is 623. The van der Waals surface area contributed by atoms with Gasteiger partial charge in [0.05, 0.1) is 0 Å². The van der Waals surface area contributed by atoms with Gasteiger partial charge in [-0.15, -0.1) is 0 Å². The van der Waals surface area contributed by atoms with Crippen LogP contribution in [0.15, 0.2) is 18.2 Å². The number of carbonyl (C=O) groups excluding carboxylic acids is 2. The zero-order chi connectivity index (χ0) is 17.1. The number of aryl methyl sites for hydroxylation is 2. The highest BCUT2D eigenvalue weighted by atomic mass is 16.5. The van der Waals surface area contributed by atoms with Gasteiger partial charge < -0.3 is 15.0 Å². The lowest BCUT2D eigenvalue weighted by Crippen LogP contribution is -2.38. The van der Waals surface area contributed by atoms with E-state index in [-0.39, 0.29) is 11.8 Å². The molecular formula is C19H26N2O3. The van der Waals surface area contributed by atoms with Crippen molar-refractivity contribution < 1.29 is 14.3 Å². The van der Waals surface area contributed by atoms with Crippen molar-refractivity contribution in [2.75, 3.05) is 18.4 Å². The fourth-order valence-corrected chi connectivity index (χ4v) is 3.51. The Morgan fingerprint density at radius 3 is 2.62 bits per heavy atom. The fourth-order valence-electron chi connectivity index (χ4n) is 3.51. The Kier molecular flexibility index (Phi) is 5.19. The van der Waals surface area contributed by atoms with Crippen LogP contribution in [0.5, 0.6) is 0 Å². The van der Waals surface area contributed by atoms with Crippen LogP contribution in [0.4, 0.5) is 5.69 Å². The predicted molar refractivity (Wildman–Crippen MR) is 92.9 cm³/mol. The molecule has 2 saturated heterocycles. The first-order valence-electron chi connectivity index (χ1n) is 8.93. The van der Waals surface area contributed by atoms with Crippen molar-refractivity contribution in [1.29, 1.82) is 0 Å². The normalized spacial score (nSPS) is 23.5. The number of carbonyl (C=O) groups is 2. The Morgan fingerprint density at radius 2 is 1.92 bits per heavy atom. The van der Waals surface area contributed by atoms with Crippen molar-refractivity contribution >= 4 is 17.5 Å². The number of hydrogen-bond acceptors (Lipinski definition) is 3. The zero-order valence-electron chi connectivity index (χ0n) is 14.5. The quantitative estimate of drug-likeness (QED) is 0.923. The van der Waals surface area contributed by atoms with Crippen LogP contribution in [0.25, 0.3) is 0 Å². The number of benzene rings is 1. The van der Waals surface area contributed by atoms with Crippen LogP contribution in [0.1, 0.15) is 43.7 Å². The SMILES string of the molecule is CCc1cc(NC(=O)[C@H]2CC[C@@H](C(=O)N3CCCC3)O2)ccc1C. The molecule has 24 heavy (non-hydrogen) atoms. The van der Waals surface area contributed by atoms with Crippen molar-refractivity contribution in [3.8, 4) is 0 Å². The van der Waals surface area contributed by atoms with Crippen LogP contribution in [0.3, 0.4) is 0 Å². The number of ether oxygens (including phenoxy) is 1. The molecule has 2 aliphatic rings. The molecule has 1 N–H and O–H groups in total. The topological polar surface area (TPSA) is 58.6 Å². The highest BCUT2D eigenvalue weighted by Gasteiger charge is 2.37. The number of nitrogens with zero attached hydrogens (tertiary/aromatic N) is 1. The summed E-state index contributed by atoms with van der Waals surface area (Å²) in [5, 5.41) is 2.93. The minimum atomic E-state index is -0.534. The Morgan fingerprint density at radius 1 is 1.21 bits per heavy atom. The van der Waals surface area contributed by atoms with Crippen molar-refractivity contribution in [2.24, 2.45) is 0 Å². The van der Waals surface area contributed by atoms with Gasteiger partial charge in [0.2, 0.25) is 0 Å². The summed E-state index contributed by atoms with van der Waals surface area (Å²) in [7, 11) is 0. The van der Waals surface area contributed by atoms with E-state index in [1.54, 1.807) is 0 Å². The first-order chi connectivity index (χ1) is 11.6. The fraction of sp³-hybridized carbons (Fsp3) is 0.579. The molecule has 5 nitrogen and oxygen atoms in total. The van der Waals surface area contributed by atoms with Crippen molar-refractivity contribution in [3.05, 3.63) is 29.3 Å². The van der Waals surface area contributed by atoms with E-state index in [0.717, 1.165) is 38.0 Å². The largest absolute Gasteiger partial charge is 0.355 e. The Labute approximate surface area is 143 Å². The number of amides is 2. The van der Waals surface area contributed by atoms with Gasteiger partial charge in [-0.1, -0.05) is 13.0 Å². The summed E-state index contributed by atoms with van der Waals surface area (Å²) >= 11 is 0. The van der Waals surface area contributed by atoms with E-state index in [1.165, 1.54) is 11.1 Å². The molecule has 0 bridgehead atoms. The molecule has 130 valence electrons. The minimum Gasteiger partial charge on any atom is -0.355 e. The summed E-state index contributed by atoms with van der Waals surface area (Å²) in [5.41, 5.74) is 3.24. The number of rotatable bonds is 4. The average molecular weight is 330 g/mol. The molecule has 1 aromatic rings. The first-order valence-corrected chi connectivity index (χ1v) is 8.93. The van der Waals surface area contributed by atoms with Gasteiger partial charge in [0, 0.05) is 18.8 Å². The average Bonchev–Trinajstić information content (AvgIpc) is 3.27. The first kappa shape index (κ1) is 17.0. The lowest BCUT2D eigenvalue weighted by molar-refractivity contribution is -0.144. The molecule has 1 aromatic carbocycles. The molecule has 0 aliphatic carbocycles. The second-order valence-electron chi connectivity index (χ2n) is 6.71. The molecule has 0 radical (unpaired) electrons. The summed E-state index contributed by atoms with van der Waals surface area (Å²) in [5.74, 6) is -0.107. The summed E-state index contributed by atoms with van der Waals surface area (Å²) in [4.78, 5) is 26.7. The van der Waals surface area contributed by atoms with Crippen LogP contribution < -0.4 is 5.32 Å². The molecule has 0 aromatic heterocycles. The molecule has 0 spiro atoms. The molecule has 2 fully saturated rings. The van der Waals surface area contributed by atoms with Crippen molar-refractivity contribution in [2.45, 2.75) is 58.2 Å². The van der Waals surface area contributed by atoms with Crippen LogP contribution in [-0.4, -0.2) is 42.0 Å². The molecule has 2 heterocycles. The third kappa shape index (κ3) is 3.61. The van der Waals surface area contributed by atoms with E-state index in [4.69, 9.17) is 4.74 Å². The number of likely N-dealkylation sites (tertiary alicyclic amines) is 1. The highest BCUT2D eigenvalue weighted by Crippen LogP contribution is 2.25. The van der Waals surface area contributed by atoms with Gasteiger partial charge in [-0.3, -0.25) is 9.59 Å². The van der Waals surface area contributed by atoms with Crippen LogP contribution in [0.2, 0.25) is 0 Å². The van der Waals surface area contributed by atoms with Gasteiger partial charge in [-0.2, -0.15) is 0 Å². The maximum atomic E-state index is 12.4. The van der Waals surface area contributed by atoms with E-state index in [1.807, 2.05) is 23.1 Å². The lowest BCUT2D eigenvalue weighted by atomic mass is 10.1. The molecule has 2 atom stereocenters. The second kappa shape index (κ2) is 7.34. The molecule has 3 rings (SSSR count). The molecule has 2 aliphatic heterocycles. The lowest BCUT2D eigenvalue weighted by Gasteiger charge is -2.20. The summed E-state index contributed by atoms with van der Waals surface area (Å²) in [6.07, 6.45) is 3.30. The monoisotopic (exact) mass is 330 g/mol. The van der Waals surface area contributed by atoms with Crippen molar-refractivity contribution in [1.82, 2.24) is 4.90 Å². The number of hydrogen-bond donors (Lipinski definition) is 1. The third-order valence-corrected chi connectivity index (χ3v) is 5.00. The van der Waals surface area contributed by atoms with Gasteiger partial charge in [0.15, 0.2) is 0 Å². The standard InChI is InChI=1S/C19H26N2O3/c1-3-14-12-15(7-6-13(14)2)20-18(22)16-8-9-17(24-16)19(23)21-10-4-5-11-21/h6-7,12,16-17H,3-5,8-11H2,1-2H3,(H,20,22)/t16-,17+/m1/s1. The smallest absolute Gasteiger partial charge is 0.253 e. The van der Waals surface area contributed by atoms with E-state index in [9.17, 15) is 9.59 Å². The van der Waals surface area contributed by atoms with E-state index >= 15 is 0 Å². The van der Waals surface area contributed by atoms with E-state index in [0.29, 0.717) is 12.8 Å². The minimum absolute atomic E-state index is 0.0476. The Hall–Kier alpha value is -1.88. The van der Waals surface area contributed by atoms with Crippen molar-refractivity contribution in [3.63, 3.8) is 0 Å². The third-order valence-electron chi connectivity index (χ3n) is 5.00. The van der Waals surface area contributed by atoms with Gasteiger partial charge in [0.25, 0.3) is 11.8 Å². The second-order valence-corrected chi connectivity index (χ2v) is 6.71. The van der Waals surface area contributed by atoms with Gasteiger partial charge in [0.1, 0.15) is 12.2 Å². The van der Waals surface area contributed by atoms with E-state index in [2.05, 4.69) is 19.2 Å². The van der Waals surface area contributed by atoms with Gasteiger partial charge in [-0.25, -0.2) is 0 Å². The molecule has 0 unspecified atom stereocenters. The van der Waals surface area contributed by atoms with Crippen LogP contribution in [0, 0.1) is 6.92 Å². The zero-order valence-corrected chi connectivity index (χ0v) is 14.5. The molecule has 0 saturated carbocycles. The molecule has 2 amide bonds. The maximum Gasteiger partial charge on any atom is 0.253 e. The van der Waals surface area contributed by atoms with Gasteiger partial charge >= 0.3 is 0 Å². The number of nitrogens with one attached hydrogen (secondary N) is 1. The number of anilines is 1. The summed E-state index contributed by atoms with van der Waals surface area (Å²) < 4.78 is 5.75. The van der Waals surface area contributed by atoms with E-state index < -0.39 is 12.2 Å².